The summed E-state index contributed by atoms with van der Waals surface area (Å²) < 4.78 is 19.9. The van der Waals surface area contributed by atoms with Crippen molar-refractivity contribution in [3.63, 3.8) is 0 Å². The third-order valence-corrected chi connectivity index (χ3v) is 5.01. The molecular formula is C18H14Cl2FN3O. The van der Waals surface area contributed by atoms with E-state index >= 15 is 0 Å². The van der Waals surface area contributed by atoms with Crippen molar-refractivity contribution in [2.45, 2.75) is 6.10 Å². The Kier molecular flexibility index (Phi) is 4.46. The molecule has 128 valence electrons. The summed E-state index contributed by atoms with van der Waals surface area (Å²) >= 11 is 12.1. The summed E-state index contributed by atoms with van der Waals surface area (Å²) in [6, 6.07) is 10.4. The summed E-state index contributed by atoms with van der Waals surface area (Å²) in [5.74, 6) is 0.355. The Balaban J connectivity index is 1.68. The number of morpholine rings is 1. The molecule has 0 saturated carbocycles. The highest BCUT2D eigenvalue weighted by Crippen LogP contribution is 2.32. The zero-order chi connectivity index (χ0) is 17.4. The fourth-order valence-electron chi connectivity index (χ4n) is 3.05. The minimum absolute atomic E-state index is 0.165. The lowest BCUT2D eigenvalue weighted by molar-refractivity contribution is 0.0396. The third-order valence-electron chi connectivity index (χ3n) is 4.28. The van der Waals surface area contributed by atoms with Gasteiger partial charge in [-0.15, -0.1) is 0 Å². The van der Waals surface area contributed by atoms with E-state index in [1.54, 1.807) is 12.1 Å². The topological polar surface area (TPSA) is 38.2 Å². The average molecular weight is 378 g/mol. The van der Waals surface area contributed by atoms with Crippen LogP contribution in [0.4, 0.5) is 10.2 Å². The Labute approximate surface area is 154 Å². The van der Waals surface area contributed by atoms with Gasteiger partial charge in [0.2, 0.25) is 0 Å². The lowest BCUT2D eigenvalue weighted by Crippen LogP contribution is -2.39. The molecule has 1 aromatic heterocycles. The van der Waals surface area contributed by atoms with Gasteiger partial charge in [-0.05, 0) is 29.8 Å². The van der Waals surface area contributed by atoms with Gasteiger partial charge in [0.25, 0.3) is 0 Å². The van der Waals surface area contributed by atoms with Gasteiger partial charge < -0.3 is 9.64 Å². The van der Waals surface area contributed by atoms with Crippen LogP contribution in [0.25, 0.3) is 10.9 Å². The van der Waals surface area contributed by atoms with Gasteiger partial charge in [-0.1, -0.05) is 35.3 Å². The molecule has 25 heavy (non-hydrogen) atoms. The van der Waals surface area contributed by atoms with Crippen LogP contribution in [0.5, 0.6) is 0 Å². The molecule has 1 atom stereocenters. The first kappa shape index (κ1) is 16.5. The first-order chi connectivity index (χ1) is 12.1. The van der Waals surface area contributed by atoms with Crippen LogP contribution in [0, 0.1) is 5.82 Å². The third kappa shape index (κ3) is 3.15. The number of aromatic nitrogens is 2. The largest absolute Gasteiger partial charge is 0.370 e. The predicted octanol–water partition coefficient (Wildman–Crippen LogP) is 4.65. The van der Waals surface area contributed by atoms with Gasteiger partial charge in [-0.25, -0.2) is 14.4 Å². The van der Waals surface area contributed by atoms with Gasteiger partial charge in [-0.2, -0.15) is 0 Å². The highest BCUT2D eigenvalue weighted by atomic mass is 35.5. The lowest BCUT2D eigenvalue weighted by Gasteiger charge is -2.34. The highest BCUT2D eigenvalue weighted by molar-refractivity contribution is 6.42. The van der Waals surface area contributed by atoms with Crippen LogP contribution in [-0.4, -0.2) is 29.7 Å². The molecule has 0 bridgehead atoms. The second-order valence-corrected chi connectivity index (χ2v) is 6.63. The molecule has 4 rings (SSSR count). The van der Waals surface area contributed by atoms with Gasteiger partial charge >= 0.3 is 0 Å². The number of hydrogen-bond donors (Lipinski definition) is 0. The van der Waals surface area contributed by atoms with Crippen molar-refractivity contribution in [1.82, 2.24) is 9.97 Å². The summed E-state index contributed by atoms with van der Waals surface area (Å²) in [5, 5.41) is 1.70. The molecule has 1 aliphatic rings. The Hall–Kier alpha value is -1.95. The normalized spacial score (nSPS) is 17.9. The maximum absolute atomic E-state index is 14.0. The monoisotopic (exact) mass is 377 g/mol. The molecule has 0 N–H and O–H groups in total. The van der Waals surface area contributed by atoms with Crippen LogP contribution in [0.1, 0.15) is 11.7 Å². The summed E-state index contributed by atoms with van der Waals surface area (Å²) in [6.07, 6.45) is 1.23. The molecule has 1 fully saturated rings. The lowest BCUT2D eigenvalue weighted by atomic mass is 10.1. The zero-order valence-corrected chi connectivity index (χ0v) is 14.6. The number of hydrogen-bond acceptors (Lipinski definition) is 4. The maximum Gasteiger partial charge on any atom is 0.149 e. The number of benzene rings is 2. The van der Waals surface area contributed by atoms with Gasteiger partial charge in [-0.3, -0.25) is 0 Å². The van der Waals surface area contributed by atoms with Crippen molar-refractivity contribution in [3.05, 3.63) is 64.2 Å². The van der Waals surface area contributed by atoms with E-state index in [9.17, 15) is 4.39 Å². The molecule has 1 saturated heterocycles. The van der Waals surface area contributed by atoms with Crippen molar-refractivity contribution >= 4 is 39.9 Å². The maximum atomic E-state index is 14.0. The molecule has 0 spiro atoms. The van der Waals surface area contributed by atoms with Crippen molar-refractivity contribution in [2.75, 3.05) is 24.6 Å². The molecule has 4 nitrogen and oxygen atoms in total. The van der Waals surface area contributed by atoms with Crippen LogP contribution >= 0.6 is 23.2 Å². The molecule has 0 radical (unpaired) electrons. The SMILES string of the molecule is Fc1cccc2c(N3CCOC(c4ccc(Cl)c(Cl)c4)C3)ncnc12. The van der Waals surface area contributed by atoms with Crippen LogP contribution in [-0.2, 0) is 4.74 Å². The standard InChI is InChI=1S/C18H14Cl2FN3O/c19-13-5-4-11(8-14(13)20)16-9-24(6-7-25-16)18-12-2-1-3-15(21)17(12)22-10-23-18/h1-5,8,10,16H,6-7,9H2. The van der Waals surface area contributed by atoms with Crippen molar-refractivity contribution < 1.29 is 9.13 Å². The van der Waals surface area contributed by atoms with E-state index in [2.05, 4.69) is 14.9 Å². The second-order valence-electron chi connectivity index (χ2n) is 5.81. The van der Waals surface area contributed by atoms with Crippen LogP contribution in [0.15, 0.2) is 42.7 Å². The molecule has 1 aliphatic heterocycles. The molecule has 0 amide bonds. The average Bonchev–Trinajstić information content (AvgIpc) is 2.64. The van der Waals surface area contributed by atoms with Crippen molar-refractivity contribution in [1.29, 1.82) is 0 Å². The van der Waals surface area contributed by atoms with Crippen molar-refractivity contribution in [3.8, 4) is 0 Å². The number of fused-ring (bicyclic) bond motifs is 1. The van der Waals surface area contributed by atoms with Gasteiger partial charge in [0.05, 0.1) is 16.7 Å². The van der Waals surface area contributed by atoms with Gasteiger partial charge in [0.1, 0.15) is 29.6 Å². The number of rotatable bonds is 2. The fourth-order valence-corrected chi connectivity index (χ4v) is 3.35. The minimum Gasteiger partial charge on any atom is -0.370 e. The zero-order valence-electron chi connectivity index (χ0n) is 13.1. The molecule has 2 heterocycles. The molecule has 1 unspecified atom stereocenters. The summed E-state index contributed by atoms with van der Waals surface area (Å²) in [5.41, 5.74) is 1.27. The Morgan fingerprint density at radius 3 is 2.84 bits per heavy atom. The molecular weight excluding hydrogens is 364 g/mol. The van der Waals surface area contributed by atoms with Gasteiger partial charge in [0.15, 0.2) is 0 Å². The Morgan fingerprint density at radius 2 is 2.00 bits per heavy atom. The second kappa shape index (κ2) is 6.75. The first-order valence-corrected chi connectivity index (χ1v) is 8.60. The van der Waals surface area contributed by atoms with E-state index in [1.165, 1.54) is 12.4 Å². The number of nitrogens with zero attached hydrogens (tertiary/aromatic N) is 3. The number of para-hydroxylation sites is 1. The van der Waals surface area contributed by atoms with E-state index < -0.39 is 0 Å². The van der Waals surface area contributed by atoms with Crippen molar-refractivity contribution in [2.24, 2.45) is 0 Å². The molecule has 2 aromatic carbocycles. The molecule has 3 aromatic rings. The van der Waals surface area contributed by atoms with Crippen LogP contribution in [0.3, 0.4) is 0 Å². The van der Waals surface area contributed by atoms with Gasteiger partial charge in [0, 0.05) is 18.5 Å². The van der Waals surface area contributed by atoms with E-state index in [0.717, 1.165) is 5.56 Å². The molecule has 7 heteroatoms. The summed E-state index contributed by atoms with van der Waals surface area (Å²) in [6.45, 7) is 1.78. The Bertz CT molecular complexity index is 937. The van der Waals surface area contributed by atoms with Crippen LogP contribution < -0.4 is 4.90 Å². The number of halogens is 3. The fraction of sp³-hybridized carbons (Fsp3) is 0.222. The van der Waals surface area contributed by atoms with E-state index in [-0.39, 0.29) is 11.9 Å². The smallest absolute Gasteiger partial charge is 0.149 e. The van der Waals surface area contributed by atoms with E-state index in [1.807, 2.05) is 18.2 Å². The predicted molar refractivity (Wildman–Crippen MR) is 96.9 cm³/mol. The summed E-state index contributed by atoms with van der Waals surface area (Å²) in [4.78, 5) is 10.5. The quantitative estimate of drug-likeness (QED) is 0.651. The Morgan fingerprint density at radius 1 is 1.12 bits per heavy atom. The first-order valence-electron chi connectivity index (χ1n) is 7.84. The van der Waals surface area contributed by atoms with E-state index in [0.29, 0.717) is 46.5 Å². The summed E-state index contributed by atoms with van der Waals surface area (Å²) in [7, 11) is 0. The number of ether oxygens (including phenoxy) is 1. The van der Waals surface area contributed by atoms with Crippen LogP contribution in [0.2, 0.25) is 10.0 Å². The molecule has 0 aliphatic carbocycles. The minimum atomic E-state index is -0.351. The number of anilines is 1. The van der Waals surface area contributed by atoms with E-state index in [4.69, 9.17) is 27.9 Å². The highest BCUT2D eigenvalue weighted by Gasteiger charge is 2.25.